The molecule has 1 aromatic carbocycles. The van der Waals surface area contributed by atoms with Crippen molar-refractivity contribution in [3.8, 4) is 0 Å². The van der Waals surface area contributed by atoms with E-state index in [-0.39, 0.29) is 18.2 Å². The fraction of sp³-hybridized carbons (Fsp3) is 0.286. The monoisotopic (exact) mass is 267 g/mol. The van der Waals surface area contributed by atoms with Crippen LogP contribution in [0.4, 0.5) is 8.78 Å². The molecule has 0 aliphatic carbocycles. The van der Waals surface area contributed by atoms with Crippen LogP contribution in [0.3, 0.4) is 0 Å². The molecule has 1 unspecified atom stereocenters. The highest BCUT2D eigenvalue weighted by Gasteiger charge is 2.16. The maximum absolute atomic E-state index is 13.4. The smallest absolute Gasteiger partial charge is 0.129 e. The van der Waals surface area contributed by atoms with E-state index in [1.165, 1.54) is 0 Å². The van der Waals surface area contributed by atoms with E-state index in [1.807, 2.05) is 6.92 Å². The second-order valence-electron chi connectivity index (χ2n) is 4.33. The van der Waals surface area contributed by atoms with Crippen LogP contribution >= 0.6 is 0 Å². The molecule has 2 N–H and O–H groups in total. The molecule has 2 aromatic rings. The maximum atomic E-state index is 13.4. The molecule has 0 amide bonds. The van der Waals surface area contributed by atoms with Crippen molar-refractivity contribution in [2.75, 3.05) is 6.54 Å². The Morgan fingerprint density at radius 3 is 2.79 bits per heavy atom. The third-order valence-corrected chi connectivity index (χ3v) is 2.90. The SMILES string of the molecule is C[C@H](NCC(O)c1cc(F)ccc1F)c1ccco1. The van der Waals surface area contributed by atoms with Gasteiger partial charge in [-0.15, -0.1) is 0 Å². The molecule has 0 bridgehead atoms. The lowest BCUT2D eigenvalue weighted by Gasteiger charge is -2.16. The minimum absolute atomic E-state index is 0.0563. The molecule has 0 aliphatic rings. The quantitative estimate of drug-likeness (QED) is 0.875. The van der Waals surface area contributed by atoms with Crippen molar-refractivity contribution in [2.24, 2.45) is 0 Å². The number of hydrogen-bond acceptors (Lipinski definition) is 3. The Morgan fingerprint density at radius 2 is 2.11 bits per heavy atom. The molecule has 0 saturated carbocycles. The summed E-state index contributed by atoms with van der Waals surface area (Å²) in [6, 6.07) is 6.46. The van der Waals surface area contributed by atoms with E-state index in [4.69, 9.17) is 4.42 Å². The first kappa shape index (κ1) is 13.7. The third-order valence-electron chi connectivity index (χ3n) is 2.90. The maximum Gasteiger partial charge on any atom is 0.129 e. The van der Waals surface area contributed by atoms with Crippen LogP contribution < -0.4 is 5.32 Å². The minimum atomic E-state index is -1.12. The summed E-state index contributed by atoms with van der Waals surface area (Å²) in [6.45, 7) is 1.95. The van der Waals surface area contributed by atoms with Crippen LogP contribution in [0.25, 0.3) is 0 Å². The number of hydrogen-bond donors (Lipinski definition) is 2. The zero-order chi connectivity index (χ0) is 13.8. The Morgan fingerprint density at radius 1 is 1.32 bits per heavy atom. The first-order valence-electron chi connectivity index (χ1n) is 5.97. The average molecular weight is 267 g/mol. The van der Waals surface area contributed by atoms with Crippen molar-refractivity contribution in [1.29, 1.82) is 0 Å². The first-order chi connectivity index (χ1) is 9.08. The van der Waals surface area contributed by atoms with Gasteiger partial charge >= 0.3 is 0 Å². The Bertz CT molecular complexity index is 528. The molecule has 3 nitrogen and oxygen atoms in total. The lowest BCUT2D eigenvalue weighted by Crippen LogP contribution is -2.25. The summed E-state index contributed by atoms with van der Waals surface area (Å²) in [6.07, 6.45) is 0.434. The second kappa shape index (κ2) is 5.95. The molecule has 102 valence electrons. The van der Waals surface area contributed by atoms with Gasteiger partial charge in [-0.25, -0.2) is 8.78 Å². The molecule has 0 saturated heterocycles. The first-order valence-corrected chi connectivity index (χ1v) is 5.97. The van der Waals surface area contributed by atoms with E-state index >= 15 is 0 Å². The average Bonchev–Trinajstić information content (AvgIpc) is 2.92. The Labute approximate surface area is 109 Å². The molecular formula is C14H15F2NO2. The van der Waals surface area contributed by atoms with Crippen LogP contribution in [0, 0.1) is 11.6 Å². The fourth-order valence-electron chi connectivity index (χ4n) is 1.81. The van der Waals surface area contributed by atoms with Crippen LogP contribution in [-0.4, -0.2) is 11.7 Å². The molecule has 2 atom stereocenters. The molecule has 19 heavy (non-hydrogen) atoms. The lowest BCUT2D eigenvalue weighted by atomic mass is 10.1. The van der Waals surface area contributed by atoms with Crippen LogP contribution in [0.5, 0.6) is 0 Å². The summed E-state index contributed by atoms with van der Waals surface area (Å²) in [7, 11) is 0. The highest BCUT2D eigenvalue weighted by atomic mass is 19.1. The fourth-order valence-corrected chi connectivity index (χ4v) is 1.81. The molecule has 1 heterocycles. The van der Waals surface area contributed by atoms with Gasteiger partial charge in [0.2, 0.25) is 0 Å². The summed E-state index contributed by atoms with van der Waals surface area (Å²) in [4.78, 5) is 0. The molecule has 2 rings (SSSR count). The van der Waals surface area contributed by atoms with E-state index in [1.54, 1.807) is 18.4 Å². The van der Waals surface area contributed by atoms with Crippen molar-refractivity contribution in [3.05, 3.63) is 59.6 Å². The Balaban J connectivity index is 1.97. The second-order valence-corrected chi connectivity index (χ2v) is 4.33. The van der Waals surface area contributed by atoms with Crippen LogP contribution in [0.2, 0.25) is 0 Å². The van der Waals surface area contributed by atoms with Gasteiger partial charge in [0.05, 0.1) is 18.4 Å². The highest BCUT2D eigenvalue weighted by Crippen LogP contribution is 2.19. The molecule has 0 spiro atoms. The lowest BCUT2D eigenvalue weighted by molar-refractivity contribution is 0.164. The highest BCUT2D eigenvalue weighted by molar-refractivity contribution is 5.21. The van der Waals surface area contributed by atoms with E-state index in [2.05, 4.69) is 5.32 Å². The van der Waals surface area contributed by atoms with Crippen molar-refractivity contribution in [2.45, 2.75) is 19.1 Å². The van der Waals surface area contributed by atoms with Crippen molar-refractivity contribution < 1.29 is 18.3 Å². The largest absolute Gasteiger partial charge is 0.468 e. The number of rotatable bonds is 5. The van der Waals surface area contributed by atoms with Crippen molar-refractivity contribution in [1.82, 2.24) is 5.32 Å². The zero-order valence-corrected chi connectivity index (χ0v) is 10.4. The van der Waals surface area contributed by atoms with Gasteiger partial charge in [0.1, 0.15) is 17.4 Å². The minimum Gasteiger partial charge on any atom is -0.468 e. The van der Waals surface area contributed by atoms with Gasteiger partial charge in [0.25, 0.3) is 0 Å². The number of benzene rings is 1. The predicted molar refractivity (Wildman–Crippen MR) is 66.4 cm³/mol. The van der Waals surface area contributed by atoms with Crippen LogP contribution in [-0.2, 0) is 0 Å². The number of aliphatic hydroxyl groups is 1. The third kappa shape index (κ3) is 3.39. The summed E-state index contributed by atoms with van der Waals surface area (Å²) >= 11 is 0. The van der Waals surface area contributed by atoms with E-state index < -0.39 is 17.7 Å². The molecular weight excluding hydrogens is 252 g/mol. The van der Waals surface area contributed by atoms with Gasteiger partial charge in [0, 0.05) is 12.1 Å². The van der Waals surface area contributed by atoms with E-state index in [0.717, 1.165) is 18.2 Å². The number of furan rings is 1. The van der Waals surface area contributed by atoms with Gasteiger partial charge in [-0.1, -0.05) is 0 Å². The van der Waals surface area contributed by atoms with Gasteiger partial charge in [-0.05, 0) is 37.3 Å². The topological polar surface area (TPSA) is 45.4 Å². The summed E-state index contributed by atoms with van der Waals surface area (Å²) in [5, 5.41) is 12.9. The molecule has 0 aliphatic heterocycles. The normalized spacial score (nSPS) is 14.3. The number of nitrogens with one attached hydrogen (secondary N) is 1. The summed E-state index contributed by atoms with van der Waals surface area (Å²) < 4.78 is 31.7. The van der Waals surface area contributed by atoms with Gasteiger partial charge in [-0.2, -0.15) is 0 Å². The van der Waals surface area contributed by atoms with Crippen molar-refractivity contribution >= 4 is 0 Å². The number of aliphatic hydroxyl groups excluding tert-OH is 1. The Kier molecular flexibility index (Phi) is 4.29. The van der Waals surface area contributed by atoms with Crippen molar-refractivity contribution in [3.63, 3.8) is 0 Å². The molecule has 1 aromatic heterocycles. The Hall–Kier alpha value is -1.72. The zero-order valence-electron chi connectivity index (χ0n) is 10.4. The van der Waals surface area contributed by atoms with Gasteiger partial charge in [-0.3, -0.25) is 0 Å². The molecule has 0 radical (unpaired) electrons. The predicted octanol–water partition coefficient (Wildman–Crippen LogP) is 2.94. The standard InChI is InChI=1S/C14H15F2NO2/c1-9(14-3-2-6-19-14)17-8-13(18)11-7-10(15)4-5-12(11)16/h2-7,9,13,17-18H,8H2,1H3/t9-,13?/m0/s1. The molecule has 5 heteroatoms. The summed E-state index contributed by atoms with van der Waals surface area (Å²) in [5.74, 6) is -0.484. The van der Waals surface area contributed by atoms with Gasteiger partial charge < -0.3 is 14.8 Å². The number of halogens is 2. The molecule has 0 fully saturated rings. The van der Waals surface area contributed by atoms with E-state index in [0.29, 0.717) is 5.76 Å². The van der Waals surface area contributed by atoms with Crippen LogP contribution in [0.15, 0.2) is 41.0 Å². The van der Waals surface area contributed by atoms with Crippen LogP contribution in [0.1, 0.15) is 30.4 Å². The van der Waals surface area contributed by atoms with E-state index in [9.17, 15) is 13.9 Å². The summed E-state index contributed by atoms with van der Waals surface area (Å²) in [5.41, 5.74) is -0.0563. The van der Waals surface area contributed by atoms with Gasteiger partial charge in [0.15, 0.2) is 0 Å².